The number of carboxylic acid groups (broad SMARTS) is 1. The normalized spacial score (nSPS) is 13.9. The first-order chi connectivity index (χ1) is 16.9. The number of aliphatic imine (C=N–C) groups is 1. The number of aliphatic hydroxyl groups excluding tert-OH is 1. The zero-order chi connectivity index (χ0) is 27.3. The molecule has 0 aliphatic heterocycles. The van der Waals surface area contributed by atoms with E-state index in [4.69, 9.17) is 22.9 Å². The molecule has 1 aromatic heterocycles. The minimum absolute atomic E-state index is 0.121. The second kappa shape index (κ2) is 14.9. The summed E-state index contributed by atoms with van der Waals surface area (Å²) < 4.78 is 0. The molecule has 0 radical (unpaired) electrons. The molecule has 0 aliphatic rings. The van der Waals surface area contributed by atoms with Gasteiger partial charge in [0.1, 0.15) is 18.1 Å². The van der Waals surface area contributed by atoms with Gasteiger partial charge in [-0.3, -0.25) is 24.2 Å². The standard InChI is InChI=1S/C19H32N10O7/c20-10(2-1-3-25-19(22)23)15(32)27-11(5-14(21)31)16(33)29-13(7-30)17(34)28-12(18(35)36)4-9-6-24-8-26-9/h6,8,10-13,30H,1-5,7,20H2,(H2,21,31)(H,24,26)(H,27,32)(H,28,34)(H,29,33)(H,35,36)(H4,22,23,25). The Morgan fingerprint density at radius 2 is 1.61 bits per heavy atom. The van der Waals surface area contributed by atoms with Crippen LogP contribution in [0.5, 0.6) is 0 Å². The smallest absolute Gasteiger partial charge is 0.326 e. The maximum Gasteiger partial charge on any atom is 0.326 e. The van der Waals surface area contributed by atoms with Crippen molar-refractivity contribution >= 4 is 35.6 Å². The van der Waals surface area contributed by atoms with Crippen molar-refractivity contribution in [3.8, 4) is 0 Å². The van der Waals surface area contributed by atoms with Crippen molar-refractivity contribution < 1.29 is 34.2 Å². The van der Waals surface area contributed by atoms with E-state index in [0.717, 1.165) is 0 Å². The highest BCUT2D eigenvalue weighted by molar-refractivity contribution is 5.96. The predicted molar refractivity (Wildman–Crippen MR) is 125 cm³/mol. The number of carbonyl (C=O) groups excluding carboxylic acids is 4. The molecule has 17 heteroatoms. The van der Waals surface area contributed by atoms with Crippen molar-refractivity contribution in [2.45, 2.75) is 49.9 Å². The number of nitrogens with one attached hydrogen (secondary N) is 4. The molecule has 14 N–H and O–H groups in total. The third kappa shape index (κ3) is 10.8. The van der Waals surface area contributed by atoms with Gasteiger partial charge in [-0.1, -0.05) is 0 Å². The van der Waals surface area contributed by atoms with E-state index in [2.05, 4.69) is 30.9 Å². The Morgan fingerprint density at radius 1 is 1.00 bits per heavy atom. The molecule has 1 rings (SSSR count). The number of hydrogen-bond acceptors (Lipinski definition) is 9. The Hall–Kier alpha value is -4.25. The number of aliphatic carboxylic acids is 1. The maximum atomic E-state index is 12.7. The quantitative estimate of drug-likeness (QED) is 0.0566. The Morgan fingerprint density at radius 3 is 2.14 bits per heavy atom. The summed E-state index contributed by atoms with van der Waals surface area (Å²) in [5, 5.41) is 25.6. The van der Waals surface area contributed by atoms with Crippen LogP contribution in [0.2, 0.25) is 0 Å². The van der Waals surface area contributed by atoms with Crippen LogP contribution in [0.25, 0.3) is 0 Å². The number of guanidine groups is 1. The second-order valence-corrected chi connectivity index (χ2v) is 7.71. The van der Waals surface area contributed by atoms with E-state index in [-0.39, 0.29) is 25.3 Å². The Kier molecular flexibility index (Phi) is 12.3. The van der Waals surface area contributed by atoms with Crippen molar-refractivity contribution in [2.24, 2.45) is 27.9 Å². The summed E-state index contributed by atoms with van der Waals surface area (Å²) in [4.78, 5) is 70.7. The van der Waals surface area contributed by atoms with E-state index in [1.807, 2.05) is 0 Å². The number of amides is 4. The number of aliphatic hydroxyl groups is 1. The summed E-state index contributed by atoms with van der Waals surface area (Å²) >= 11 is 0. The summed E-state index contributed by atoms with van der Waals surface area (Å²) in [7, 11) is 0. The van der Waals surface area contributed by atoms with Gasteiger partial charge in [0.25, 0.3) is 0 Å². The minimum Gasteiger partial charge on any atom is -0.480 e. The van der Waals surface area contributed by atoms with Crippen molar-refractivity contribution in [3.05, 3.63) is 18.2 Å². The zero-order valence-corrected chi connectivity index (χ0v) is 19.3. The lowest BCUT2D eigenvalue weighted by Gasteiger charge is -2.23. The number of imidazole rings is 1. The van der Waals surface area contributed by atoms with E-state index < -0.39 is 66.8 Å². The summed E-state index contributed by atoms with van der Waals surface area (Å²) in [6.45, 7) is -0.685. The first kappa shape index (κ1) is 29.8. The molecule has 0 spiro atoms. The lowest BCUT2D eigenvalue weighted by atomic mass is 10.1. The molecule has 0 saturated carbocycles. The summed E-state index contributed by atoms with van der Waals surface area (Å²) in [5.41, 5.74) is 21.8. The fourth-order valence-electron chi connectivity index (χ4n) is 2.89. The highest BCUT2D eigenvalue weighted by atomic mass is 16.4. The number of carbonyl (C=O) groups is 5. The van der Waals surface area contributed by atoms with Gasteiger partial charge >= 0.3 is 5.97 Å². The van der Waals surface area contributed by atoms with Crippen LogP contribution in [0, 0.1) is 0 Å². The average molecular weight is 513 g/mol. The molecule has 17 nitrogen and oxygen atoms in total. The van der Waals surface area contributed by atoms with Crippen LogP contribution in [0.3, 0.4) is 0 Å². The van der Waals surface area contributed by atoms with E-state index in [9.17, 15) is 34.2 Å². The number of primary amides is 1. The first-order valence-corrected chi connectivity index (χ1v) is 10.8. The number of carboxylic acids is 1. The predicted octanol–water partition coefficient (Wildman–Crippen LogP) is -5.26. The molecule has 4 amide bonds. The summed E-state index contributed by atoms with van der Waals surface area (Å²) in [5.74, 6) is -5.25. The number of H-pyrrole nitrogens is 1. The Balaban J connectivity index is 2.79. The number of aromatic nitrogens is 2. The molecule has 0 aliphatic carbocycles. The highest BCUT2D eigenvalue weighted by Crippen LogP contribution is 2.02. The van der Waals surface area contributed by atoms with Crippen LogP contribution in [0.1, 0.15) is 25.0 Å². The Labute approximate surface area is 205 Å². The van der Waals surface area contributed by atoms with E-state index in [1.165, 1.54) is 12.5 Å². The lowest BCUT2D eigenvalue weighted by Crippen LogP contribution is -2.58. The number of aromatic amines is 1. The topological polar surface area (TPSA) is 307 Å². The van der Waals surface area contributed by atoms with Crippen LogP contribution in [-0.4, -0.2) is 93.1 Å². The van der Waals surface area contributed by atoms with Gasteiger partial charge in [0.05, 0.1) is 25.4 Å². The average Bonchev–Trinajstić information content (AvgIpc) is 3.31. The van der Waals surface area contributed by atoms with Crippen molar-refractivity contribution in [1.29, 1.82) is 0 Å². The van der Waals surface area contributed by atoms with Crippen molar-refractivity contribution in [1.82, 2.24) is 25.9 Å². The van der Waals surface area contributed by atoms with Gasteiger partial charge in [0.15, 0.2) is 5.96 Å². The Bertz CT molecular complexity index is 933. The molecular formula is C19H32N10O7. The van der Waals surface area contributed by atoms with Crippen molar-refractivity contribution in [2.75, 3.05) is 13.2 Å². The van der Waals surface area contributed by atoms with Gasteiger partial charge in [-0.2, -0.15) is 0 Å². The third-order valence-corrected chi connectivity index (χ3v) is 4.75. The van der Waals surface area contributed by atoms with Gasteiger partial charge < -0.3 is 54.1 Å². The minimum atomic E-state index is -1.60. The molecule has 200 valence electrons. The van der Waals surface area contributed by atoms with E-state index in [0.29, 0.717) is 12.1 Å². The van der Waals surface area contributed by atoms with Gasteiger partial charge in [-0.05, 0) is 12.8 Å². The van der Waals surface area contributed by atoms with Gasteiger partial charge in [-0.25, -0.2) is 9.78 Å². The van der Waals surface area contributed by atoms with Crippen LogP contribution in [0.15, 0.2) is 17.5 Å². The second-order valence-electron chi connectivity index (χ2n) is 7.71. The van der Waals surface area contributed by atoms with Crippen LogP contribution < -0.4 is 38.9 Å². The van der Waals surface area contributed by atoms with Gasteiger partial charge in [0.2, 0.25) is 23.6 Å². The third-order valence-electron chi connectivity index (χ3n) is 4.75. The zero-order valence-electron chi connectivity index (χ0n) is 19.3. The number of nitrogens with zero attached hydrogens (tertiary/aromatic N) is 2. The molecule has 0 fully saturated rings. The molecule has 0 aromatic carbocycles. The molecular weight excluding hydrogens is 480 g/mol. The van der Waals surface area contributed by atoms with Gasteiger partial charge in [0, 0.05) is 24.9 Å². The fraction of sp³-hybridized carbons (Fsp3) is 0.526. The highest BCUT2D eigenvalue weighted by Gasteiger charge is 2.31. The van der Waals surface area contributed by atoms with Crippen LogP contribution in [0.4, 0.5) is 0 Å². The molecule has 4 atom stereocenters. The molecule has 0 saturated heterocycles. The molecule has 36 heavy (non-hydrogen) atoms. The number of nitrogens with two attached hydrogens (primary N) is 4. The SMILES string of the molecule is NC(=O)CC(NC(=O)C(N)CCCN=C(N)N)C(=O)NC(CO)C(=O)NC(Cc1cnc[nH]1)C(=O)O. The fourth-order valence-corrected chi connectivity index (χ4v) is 2.89. The molecule has 4 unspecified atom stereocenters. The molecule has 1 heterocycles. The largest absolute Gasteiger partial charge is 0.480 e. The summed E-state index contributed by atoms with van der Waals surface area (Å²) in [6.07, 6.45) is 2.44. The number of rotatable bonds is 16. The molecule has 1 aromatic rings. The van der Waals surface area contributed by atoms with Gasteiger partial charge in [-0.15, -0.1) is 0 Å². The first-order valence-electron chi connectivity index (χ1n) is 10.8. The van der Waals surface area contributed by atoms with E-state index in [1.54, 1.807) is 0 Å². The monoisotopic (exact) mass is 512 g/mol. The maximum absolute atomic E-state index is 12.7. The van der Waals surface area contributed by atoms with Crippen LogP contribution >= 0.6 is 0 Å². The lowest BCUT2D eigenvalue weighted by molar-refractivity contribution is -0.142. The van der Waals surface area contributed by atoms with E-state index >= 15 is 0 Å². The molecule has 0 bridgehead atoms. The van der Waals surface area contributed by atoms with Crippen LogP contribution in [-0.2, 0) is 30.4 Å². The number of hydrogen-bond donors (Lipinski definition) is 10. The van der Waals surface area contributed by atoms with Crippen molar-refractivity contribution in [3.63, 3.8) is 0 Å². The summed E-state index contributed by atoms with van der Waals surface area (Å²) in [6, 6.07) is -5.58.